The molecule has 14 heavy (non-hydrogen) atoms. The highest BCUT2D eigenvalue weighted by Crippen LogP contribution is 2.20. The molecule has 0 aliphatic heterocycles. The maximum absolute atomic E-state index is 12.5. The molecule has 0 atom stereocenters. The second-order valence-corrected chi connectivity index (χ2v) is 2.80. The highest BCUT2D eigenvalue weighted by molar-refractivity contribution is 5.32. The fourth-order valence-electron chi connectivity index (χ4n) is 1.26. The maximum Gasteiger partial charge on any atom is 0.280 e. The SMILES string of the molecule is FC(F)c1ccnn1-c1ccccc1. The van der Waals surface area contributed by atoms with Crippen molar-refractivity contribution >= 4 is 0 Å². The molecule has 0 saturated heterocycles. The summed E-state index contributed by atoms with van der Waals surface area (Å²) in [4.78, 5) is 0. The van der Waals surface area contributed by atoms with Crippen LogP contribution in [0.25, 0.3) is 5.69 Å². The van der Waals surface area contributed by atoms with Gasteiger partial charge in [-0.25, -0.2) is 13.5 Å². The standard InChI is InChI=1S/C10H8F2N2/c11-10(12)9-6-7-13-14(9)8-4-2-1-3-5-8/h1-7,10H. The first-order valence-electron chi connectivity index (χ1n) is 4.16. The Balaban J connectivity index is 2.47. The number of aromatic nitrogens is 2. The highest BCUT2D eigenvalue weighted by atomic mass is 19.3. The lowest BCUT2D eigenvalue weighted by molar-refractivity contribution is 0.143. The molecule has 72 valence electrons. The van der Waals surface area contributed by atoms with Crippen LogP contribution in [0.3, 0.4) is 0 Å². The van der Waals surface area contributed by atoms with Crippen LogP contribution in [0.2, 0.25) is 0 Å². The Kier molecular flexibility index (Phi) is 2.26. The van der Waals surface area contributed by atoms with Gasteiger partial charge in [0.05, 0.1) is 5.69 Å². The second kappa shape index (κ2) is 3.57. The van der Waals surface area contributed by atoms with Crippen molar-refractivity contribution in [3.8, 4) is 5.69 Å². The molecule has 0 spiro atoms. The quantitative estimate of drug-likeness (QED) is 0.718. The van der Waals surface area contributed by atoms with Crippen LogP contribution >= 0.6 is 0 Å². The first-order chi connectivity index (χ1) is 6.79. The summed E-state index contributed by atoms with van der Waals surface area (Å²) in [5.74, 6) is 0. The van der Waals surface area contributed by atoms with Crippen LogP contribution in [0.4, 0.5) is 8.78 Å². The van der Waals surface area contributed by atoms with Gasteiger partial charge in [-0.3, -0.25) is 0 Å². The first kappa shape index (κ1) is 8.87. The van der Waals surface area contributed by atoms with Crippen LogP contribution in [-0.4, -0.2) is 9.78 Å². The number of benzene rings is 1. The Bertz CT molecular complexity index is 409. The fourth-order valence-corrected chi connectivity index (χ4v) is 1.26. The smallest absolute Gasteiger partial charge is 0.232 e. The molecule has 0 N–H and O–H groups in total. The minimum atomic E-state index is -2.50. The minimum absolute atomic E-state index is 0.0869. The predicted molar refractivity (Wildman–Crippen MR) is 48.5 cm³/mol. The van der Waals surface area contributed by atoms with Crippen LogP contribution in [0, 0.1) is 0 Å². The molecule has 0 unspecified atom stereocenters. The van der Waals surface area contributed by atoms with Gasteiger partial charge in [0, 0.05) is 6.20 Å². The highest BCUT2D eigenvalue weighted by Gasteiger charge is 2.13. The predicted octanol–water partition coefficient (Wildman–Crippen LogP) is 2.81. The largest absolute Gasteiger partial charge is 0.280 e. The van der Waals surface area contributed by atoms with Gasteiger partial charge in [-0.05, 0) is 18.2 Å². The molecule has 2 nitrogen and oxygen atoms in total. The Hall–Kier alpha value is -1.71. The van der Waals surface area contributed by atoms with Crippen molar-refractivity contribution in [3.63, 3.8) is 0 Å². The average molecular weight is 194 g/mol. The molecule has 4 heteroatoms. The molecule has 0 fully saturated rings. The summed E-state index contributed by atoms with van der Waals surface area (Å²) in [5.41, 5.74) is 0.559. The van der Waals surface area contributed by atoms with Gasteiger partial charge in [-0.15, -0.1) is 0 Å². The van der Waals surface area contributed by atoms with E-state index < -0.39 is 6.43 Å². The fraction of sp³-hybridized carbons (Fsp3) is 0.100. The zero-order valence-corrected chi connectivity index (χ0v) is 7.27. The van der Waals surface area contributed by atoms with Crippen LogP contribution < -0.4 is 0 Å². The third-order valence-electron chi connectivity index (χ3n) is 1.90. The maximum atomic E-state index is 12.5. The molecule has 0 radical (unpaired) electrons. The van der Waals surface area contributed by atoms with E-state index in [2.05, 4.69) is 5.10 Å². The van der Waals surface area contributed by atoms with E-state index in [1.165, 1.54) is 16.9 Å². The van der Waals surface area contributed by atoms with Gasteiger partial charge in [0.2, 0.25) is 0 Å². The van der Waals surface area contributed by atoms with E-state index in [4.69, 9.17) is 0 Å². The van der Waals surface area contributed by atoms with E-state index in [-0.39, 0.29) is 5.69 Å². The van der Waals surface area contributed by atoms with Gasteiger partial charge in [-0.2, -0.15) is 5.10 Å². The summed E-state index contributed by atoms with van der Waals surface area (Å²) < 4.78 is 26.2. The molecule has 1 aromatic heterocycles. The lowest BCUT2D eigenvalue weighted by Gasteiger charge is -2.05. The second-order valence-electron chi connectivity index (χ2n) is 2.80. The van der Waals surface area contributed by atoms with Crippen molar-refractivity contribution in [1.82, 2.24) is 9.78 Å². The van der Waals surface area contributed by atoms with E-state index in [0.717, 1.165) is 0 Å². The molecule has 2 rings (SSSR count). The van der Waals surface area contributed by atoms with E-state index >= 15 is 0 Å². The van der Waals surface area contributed by atoms with Gasteiger partial charge in [0.25, 0.3) is 6.43 Å². The zero-order valence-electron chi connectivity index (χ0n) is 7.27. The van der Waals surface area contributed by atoms with E-state index in [1.807, 2.05) is 6.07 Å². The van der Waals surface area contributed by atoms with E-state index in [1.54, 1.807) is 24.3 Å². The molecular formula is C10H8F2N2. The van der Waals surface area contributed by atoms with Crippen molar-refractivity contribution in [1.29, 1.82) is 0 Å². The number of halogens is 2. The van der Waals surface area contributed by atoms with Crippen LogP contribution in [0.1, 0.15) is 12.1 Å². The van der Waals surface area contributed by atoms with Crippen LogP contribution in [0.15, 0.2) is 42.6 Å². The van der Waals surface area contributed by atoms with E-state index in [0.29, 0.717) is 5.69 Å². The van der Waals surface area contributed by atoms with Gasteiger partial charge >= 0.3 is 0 Å². The van der Waals surface area contributed by atoms with Gasteiger partial charge in [0.15, 0.2) is 0 Å². The van der Waals surface area contributed by atoms with Crippen LogP contribution in [-0.2, 0) is 0 Å². The Morgan fingerprint density at radius 3 is 2.43 bits per heavy atom. The monoisotopic (exact) mass is 194 g/mol. The number of hydrogen-bond donors (Lipinski definition) is 0. The van der Waals surface area contributed by atoms with E-state index in [9.17, 15) is 8.78 Å². The Labute approximate surface area is 79.8 Å². The summed E-state index contributed by atoms with van der Waals surface area (Å²) in [5, 5.41) is 3.84. The lowest BCUT2D eigenvalue weighted by atomic mass is 10.3. The molecule has 0 bridgehead atoms. The summed E-state index contributed by atoms with van der Waals surface area (Å²) >= 11 is 0. The third kappa shape index (κ3) is 1.51. The van der Waals surface area contributed by atoms with Crippen molar-refractivity contribution in [2.45, 2.75) is 6.43 Å². The zero-order chi connectivity index (χ0) is 9.97. The molecule has 2 aromatic rings. The molecule has 0 aliphatic rings. The van der Waals surface area contributed by atoms with Crippen molar-refractivity contribution < 1.29 is 8.78 Å². The number of rotatable bonds is 2. The molecule has 0 amide bonds. The number of para-hydroxylation sites is 1. The van der Waals surface area contributed by atoms with Crippen molar-refractivity contribution in [2.75, 3.05) is 0 Å². The molecule has 1 heterocycles. The summed E-state index contributed by atoms with van der Waals surface area (Å²) in [6, 6.07) is 10.2. The minimum Gasteiger partial charge on any atom is -0.232 e. The van der Waals surface area contributed by atoms with Gasteiger partial charge in [0.1, 0.15) is 5.69 Å². The summed E-state index contributed by atoms with van der Waals surface area (Å²) in [7, 11) is 0. The topological polar surface area (TPSA) is 17.8 Å². The first-order valence-corrected chi connectivity index (χ1v) is 4.16. The lowest BCUT2D eigenvalue weighted by Crippen LogP contribution is -2.01. The molecule has 0 saturated carbocycles. The molecular weight excluding hydrogens is 186 g/mol. The summed E-state index contributed by atoms with van der Waals surface area (Å²) in [6.07, 6.45) is -1.13. The number of hydrogen-bond acceptors (Lipinski definition) is 1. The number of nitrogens with zero attached hydrogens (tertiary/aromatic N) is 2. The summed E-state index contributed by atoms with van der Waals surface area (Å²) in [6.45, 7) is 0. The number of alkyl halides is 2. The normalized spacial score (nSPS) is 10.8. The Morgan fingerprint density at radius 2 is 1.79 bits per heavy atom. The molecule has 1 aromatic carbocycles. The third-order valence-corrected chi connectivity index (χ3v) is 1.90. The van der Waals surface area contributed by atoms with Crippen molar-refractivity contribution in [3.05, 3.63) is 48.3 Å². The average Bonchev–Trinajstić information content (AvgIpc) is 2.67. The van der Waals surface area contributed by atoms with Crippen molar-refractivity contribution in [2.24, 2.45) is 0 Å². The Morgan fingerprint density at radius 1 is 1.07 bits per heavy atom. The van der Waals surface area contributed by atoms with Gasteiger partial charge in [-0.1, -0.05) is 18.2 Å². The van der Waals surface area contributed by atoms with Crippen LogP contribution in [0.5, 0.6) is 0 Å². The van der Waals surface area contributed by atoms with Gasteiger partial charge < -0.3 is 0 Å². The molecule has 0 aliphatic carbocycles.